The normalized spacial score (nSPS) is 13.1. The maximum atomic E-state index is 12.1. The number of alkyl halides is 2. The van der Waals surface area contributed by atoms with Crippen LogP contribution in [0.4, 0.5) is 8.78 Å². The van der Waals surface area contributed by atoms with Crippen molar-refractivity contribution in [2.45, 2.75) is 19.5 Å². The minimum absolute atomic E-state index is 0.320. The van der Waals surface area contributed by atoms with E-state index in [1.165, 1.54) is 0 Å². The first-order valence-electron chi connectivity index (χ1n) is 5.24. The second kappa shape index (κ2) is 6.55. The highest BCUT2D eigenvalue weighted by molar-refractivity contribution is 5.24. The van der Waals surface area contributed by atoms with Crippen molar-refractivity contribution in [2.24, 2.45) is 0 Å². The van der Waals surface area contributed by atoms with Crippen molar-refractivity contribution in [2.75, 3.05) is 20.2 Å². The van der Waals surface area contributed by atoms with Crippen molar-refractivity contribution in [1.29, 1.82) is 0 Å². The van der Waals surface area contributed by atoms with Crippen molar-refractivity contribution in [3.05, 3.63) is 35.4 Å². The molecule has 90 valence electrons. The van der Waals surface area contributed by atoms with Gasteiger partial charge in [0, 0.05) is 6.54 Å². The third-order valence-corrected chi connectivity index (χ3v) is 2.23. The average molecular weight is 229 g/mol. The fraction of sp³-hybridized carbons (Fsp3) is 0.500. The zero-order valence-electron chi connectivity index (χ0n) is 9.54. The Kier molecular flexibility index (Phi) is 5.35. The summed E-state index contributed by atoms with van der Waals surface area (Å²) in [5, 5.41) is 2.94. The van der Waals surface area contributed by atoms with Crippen LogP contribution in [0.2, 0.25) is 0 Å². The number of nitrogens with one attached hydrogen (secondary N) is 1. The molecule has 0 aromatic heterocycles. The van der Waals surface area contributed by atoms with Gasteiger partial charge in [0.05, 0.1) is 6.10 Å². The molecule has 16 heavy (non-hydrogen) atoms. The Balaban J connectivity index is 2.68. The summed E-state index contributed by atoms with van der Waals surface area (Å²) in [6, 6.07) is 7.71. The molecule has 2 nitrogen and oxygen atoms in total. The van der Waals surface area contributed by atoms with Gasteiger partial charge in [0.15, 0.2) is 0 Å². The SMILES string of the molecule is CNCC(OCC(F)F)c1cccc(C)c1. The molecule has 1 aromatic rings. The Bertz CT molecular complexity index is 318. The molecule has 0 heterocycles. The molecule has 0 saturated carbocycles. The molecule has 0 aliphatic rings. The second-order valence-electron chi connectivity index (χ2n) is 3.68. The van der Waals surface area contributed by atoms with E-state index in [0.717, 1.165) is 11.1 Å². The monoisotopic (exact) mass is 229 g/mol. The van der Waals surface area contributed by atoms with E-state index in [4.69, 9.17) is 4.74 Å². The molecule has 0 amide bonds. The number of aryl methyl sites for hydroxylation is 1. The number of ether oxygens (including phenoxy) is 1. The van der Waals surface area contributed by atoms with Gasteiger partial charge in [0.25, 0.3) is 6.43 Å². The van der Waals surface area contributed by atoms with E-state index < -0.39 is 13.0 Å². The lowest BCUT2D eigenvalue weighted by Gasteiger charge is -2.18. The van der Waals surface area contributed by atoms with Gasteiger partial charge in [-0.1, -0.05) is 29.8 Å². The molecule has 1 aromatic carbocycles. The maximum Gasteiger partial charge on any atom is 0.261 e. The summed E-state index contributed by atoms with van der Waals surface area (Å²) >= 11 is 0. The molecule has 1 rings (SSSR count). The number of benzene rings is 1. The maximum absolute atomic E-state index is 12.1. The summed E-state index contributed by atoms with van der Waals surface area (Å²) < 4.78 is 29.3. The Morgan fingerprint density at radius 1 is 1.38 bits per heavy atom. The van der Waals surface area contributed by atoms with Crippen LogP contribution in [0.1, 0.15) is 17.2 Å². The fourth-order valence-corrected chi connectivity index (χ4v) is 1.52. The van der Waals surface area contributed by atoms with E-state index in [9.17, 15) is 8.78 Å². The Hall–Kier alpha value is -1.00. The molecule has 0 spiro atoms. The topological polar surface area (TPSA) is 21.3 Å². The molecule has 1 atom stereocenters. The van der Waals surface area contributed by atoms with Gasteiger partial charge in [-0.05, 0) is 19.5 Å². The average Bonchev–Trinajstić information content (AvgIpc) is 2.24. The molecule has 4 heteroatoms. The molecular formula is C12H17F2NO. The number of hydrogen-bond donors (Lipinski definition) is 1. The van der Waals surface area contributed by atoms with Crippen LogP contribution in [0.25, 0.3) is 0 Å². The van der Waals surface area contributed by atoms with Crippen molar-refractivity contribution in [3.8, 4) is 0 Å². The first-order chi connectivity index (χ1) is 7.63. The highest BCUT2D eigenvalue weighted by Crippen LogP contribution is 2.18. The zero-order chi connectivity index (χ0) is 12.0. The van der Waals surface area contributed by atoms with E-state index in [1.807, 2.05) is 31.2 Å². The van der Waals surface area contributed by atoms with E-state index >= 15 is 0 Å². The van der Waals surface area contributed by atoms with Crippen LogP contribution in [0.5, 0.6) is 0 Å². The van der Waals surface area contributed by atoms with Crippen LogP contribution in [-0.2, 0) is 4.74 Å². The molecule has 1 unspecified atom stereocenters. The fourth-order valence-electron chi connectivity index (χ4n) is 1.52. The first kappa shape index (κ1) is 13.1. The molecular weight excluding hydrogens is 212 g/mol. The minimum atomic E-state index is -2.43. The smallest absolute Gasteiger partial charge is 0.261 e. The molecule has 1 N–H and O–H groups in total. The van der Waals surface area contributed by atoms with Crippen molar-refractivity contribution >= 4 is 0 Å². The number of likely N-dealkylation sites (N-methyl/N-ethyl adjacent to an activating group) is 1. The molecule has 0 aliphatic carbocycles. The molecule has 0 saturated heterocycles. The lowest BCUT2D eigenvalue weighted by atomic mass is 10.1. The molecule has 0 bridgehead atoms. The highest BCUT2D eigenvalue weighted by Gasteiger charge is 2.13. The molecule has 0 aliphatic heterocycles. The summed E-state index contributed by atoms with van der Waals surface area (Å²) in [6.45, 7) is 1.96. The third kappa shape index (κ3) is 4.24. The Morgan fingerprint density at radius 2 is 2.12 bits per heavy atom. The quantitative estimate of drug-likeness (QED) is 0.809. The summed E-state index contributed by atoms with van der Waals surface area (Å²) in [6.07, 6.45) is -2.75. The largest absolute Gasteiger partial charge is 0.366 e. The summed E-state index contributed by atoms with van der Waals surface area (Å²) in [4.78, 5) is 0. The van der Waals surface area contributed by atoms with Gasteiger partial charge in [-0.15, -0.1) is 0 Å². The minimum Gasteiger partial charge on any atom is -0.366 e. The lowest BCUT2D eigenvalue weighted by molar-refractivity contribution is -0.0240. The Labute approximate surface area is 94.6 Å². The summed E-state index contributed by atoms with van der Waals surface area (Å²) in [7, 11) is 1.77. The van der Waals surface area contributed by atoms with Crippen LogP contribution in [0.15, 0.2) is 24.3 Å². The van der Waals surface area contributed by atoms with Gasteiger partial charge in [-0.3, -0.25) is 0 Å². The van der Waals surface area contributed by atoms with Crippen molar-refractivity contribution in [3.63, 3.8) is 0 Å². The van der Waals surface area contributed by atoms with E-state index in [2.05, 4.69) is 5.32 Å². The number of halogens is 2. The highest BCUT2D eigenvalue weighted by atomic mass is 19.3. The van der Waals surface area contributed by atoms with Crippen LogP contribution in [-0.4, -0.2) is 26.6 Å². The molecule has 0 radical (unpaired) electrons. The van der Waals surface area contributed by atoms with Gasteiger partial charge in [0.2, 0.25) is 0 Å². The first-order valence-corrected chi connectivity index (χ1v) is 5.24. The van der Waals surface area contributed by atoms with Crippen LogP contribution in [0, 0.1) is 6.92 Å². The van der Waals surface area contributed by atoms with Gasteiger partial charge in [0.1, 0.15) is 6.61 Å². The van der Waals surface area contributed by atoms with Gasteiger partial charge in [-0.2, -0.15) is 0 Å². The van der Waals surface area contributed by atoms with E-state index in [1.54, 1.807) is 7.05 Å². The summed E-state index contributed by atoms with van der Waals surface area (Å²) in [5.74, 6) is 0. The Morgan fingerprint density at radius 3 is 2.69 bits per heavy atom. The number of rotatable bonds is 6. The van der Waals surface area contributed by atoms with Gasteiger partial charge < -0.3 is 10.1 Å². The van der Waals surface area contributed by atoms with E-state index in [0.29, 0.717) is 6.54 Å². The predicted octanol–water partition coefficient (Wildman–Crippen LogP) is 2.54. The lowest BCUT2D eigenvalue weighted by Crippen LogP contribution is -2.21. The predicted molar refractivity (Wildman–Crippen MR) is 59.8 cm³/mol. The summed E-state index contributed by atoms with van der Waals surface area (Å²) in [5.41, 5.74) is 2.02. The zero-order valence-corrected chi connectivity index (χ0v) is 9.54. The van der Waals surface area contributed by atoms with Crippen LogP contribution in [0.3, 0.4) is 0 Å². The van der Waals surface area contributed by atoms with E-state index in [-0.39, 0.29) is 6.10 Å². The van der Waals surface area contributed by atoms with Crippen LogP contribution >= 0.6 is 0 Å². The van der Waals surface area contributed by atoms with Crippen molar-refractivity contribution < 1.29 is 13.5 Å². The second-order valence-corrected chi connectivity index (χ2v) is 3.68. The standard InChI is InChI=1S/C12H17F2NO/c1-9-4-3-5-10(6-9)11(7-15-2)16-8-12(13)14/h3-6,11-12,15H,7-8H2,1-2H3. The van der Waals surface area contributed by atoms with Crippen LogP contribution < -0.4 is 5.32 Å². The molecule has 0 fully saturated rings. The third-order valence-electron chi connectivity index (χ3n) is 2.23. The number of hydrogen-bond acceptors (Lipinski definition) is 2. The van der Waals surface area contributed by atoms with Crippen molar-refractivity contribution in [1.82, 2.24) is 5.32 Å². The van der Waals surface area contributed by atoms with Gasteiger partial charge >= 0.3 is 0 Å². The van der Waals surface area contributed by atoms with Gasteiger partial charge in [-0.25, -0.2) is 8.78 Å².